The van der Waals surface area contributed by atoms with Crippen LogP contribution in [0.3, 0.4) is 0 Å². The zero-order chi connectivity index (χ0) is 23.2. The smallest absolute Gasteiger partial charge is 0.244 e. The SMILES string of the molecule is CCC(C(=O)NC)N(Cc1ccc(F)cc1)C(=O)CN(c1ccccc1C)S(C)(=O)=O. The van der Waals surface area contributed by atoms with Crippen LogP contribution in [0, 0.1) is 12.7 Å². The highest BCUT2D eigenvalue weighted by Crippen LogP contribution is 2.23. The molecule has 0 aromatic heterocycles. The molecular formula is C22H28FN3O4S. The number of likely N-dealkylation sites (N-methyl/N-ethyl adjacent to an activating group) is 1. The largest absolute Gasteiger partial charge is 0.357 e. The van der Waals surface area contributed by atoms with E-state index in [1.54, 1.807) is 38.1 Å². The molecule has 0 bridgehead atoms. The number of carbonyl (C=O) groups excluding carboxylic acids is 2. The lowest BCUT2D eigenvalue weighted by Gasteiger charge is -2.32. The molecule has 9 heteroatoms. The molecule has 31 heavy (non-hydrogen) atoms. The molecule has 1 unspecified atom stereocenters. The molecule has 168 valence electrons. The van der Waals surface area contributed by atoms with E-state index in [1.165, 1.54) is 36.2 Å². The van der Waals surface area contributed by atoms with Crippen LogP contribution in [-0.4, -0.2) is 51.0 Å². The van der Waals surface area contributed by atoms with Gasteiger partial charge in [-0.15, -0.1) is 0 Å². The second-order valence-corrected chi connectivity index (χ2v) is 9.15. The van der Waals surface area contributed by atoms with E-state index < -0.39 is 34.3 Å². The van der Waals surface area contributed by atoms with E-state index in [4.69, 9.17) is 0 Å². The highest BCUT2D eigenvalue weighted by Gasteiger charge is 2.31. The molecule has 0 aliphatic rings. The summed E-state index contributed by atoms with van der Waals surface area (Å²) >= 11 is 0. The van der Waals surface area contributed by atoms with Crippen molar-refractivity contribution in [2.75, 3.05) is 24.2 Å². The van der Waals surface area contributed by atoms with E-state index in [-0.39, 0.29) is 12.5 Å². The standard InChI is InChI=1S/C22H28FN3O4S/c1-5-19(22(28)24-3)25(14-17-10-12-18(23)13-11-17)21(27)15-26(31(4,29)30)20-9-7-6-8-16(20)2/h6-13,19H,5,14-15H2,1-4H3,(H,24,28). The van der Waals surface area contributed by atoms with E-state index >= 15 is 0 Å². The highest BCUT2D eigenvalue weighted by atomic mass is 32.2. The molecule has 2 aromatic rings. The van der Waals surface area contributed by atoms with Crippen molar-refractivity contribution < 1.29 is 22.4 Å². The van der Waals surface area contributed by atoms with Gasteiger partial charge in [0, 0.05) is 13.6 Å². The third-order valence-corrected chi connectivity index (χ3v) is 6.09. The zero-order valence-electron chi connectivity index (χ0n) is 18.1. The van der Waals surface area contributed by atoms with Crippen LogP contribution in [0.2, 0.25) is 0 Å². The number of anilines is 1. The number of amides is 2. The number of hydrogen-bond donors (Lipinski definition) is 1. The van der Waals surface area contributed by atoms with E-state index in [0.29, 0.717) is 23.2 Å². The van der Waals surface area contributed by atoms with Gasteiger partial charge in [-0.1, -0.05) is 37.3 Å². The summed E-state index contributed by atoms with van der Waals surface area (Å²) in [6.45, 7) is 3.10. The minimum atomic E-state index is -3.77. The number of sulfonamides is 1. The van der Waals surface area contributed by atoms with Gasteiger partial charge in [0.15, 0.2) is 0 Å². The van der Waals surface area contributed by atoms with Gasteiger partial charge < -0.3 is 10.2 Å². The van der Waals surface area contributed by atoms with Gasteiger partial charge in [-0.25, -0.2) is 12.8 Å². The fourth-order valence-electron chi connectivity index (χ4n) is 3.31. The maximum Gasteiger partial charge on any atom is 0.244 e. The third-order valence-electron chi connectivity index (χ3n) is 4.96. The Morgan fingerprint density at radius 3 is 2.23 bits per heavy atom. The maximum atomic E-state index is 13.3. The number of carbonyl (C=O) groups is 2. The molecule has 2 rings (SSSR count). The number of halogens is 1. The first kappa shape index (κ1) is 24.3. The summed E-state index contributed by atoms with van der Waals surface area (Å²) in [5.74, 6) is -1.31. The number of nitrogens with one attached hydrogen (secondary N) is 1. The van der Waals surface area contributed by atoms with Crippen molar-refractivity contribution in [1.82, 2.24) is 10.2 Å². The number of nitrogens with zero attached hydrogens (tertiary/aromatic N) is 2. The van der Waals surface area contributed by atoms with E-state index in [1.807, 2.05) is 0 Å². The Morgan fingerprint density at radius 2 is 1.71 bits per heavy atom. The first-order chi connectivity index (χ1) is 14.6. The van der Waals surface area contributed by atoms with Gasteiger partial charge in [0.05, 0.1) is 11.9 Å². The van der Waals surface area contributed by atoms with Crippen LogP contribution in [0.15, 0.2) is 48.5 Å². The quantitative estimate of drug-likeness (QED) is 0.637. The Kier molecular flexibility index (Phi) is 8.15. The summed E-state index contributed by atoms with van der Waals surface area (Å²) in [5, 5.41) is 2.55. The molecule has 1 atom stereocenters. The molecule has 0 aliphatic carbocycles. The second-order valence-electron chi connectivity index (χ2n) is 7.24. The van der Waals surface area contributed by atoms with Gasteiger partial charge in [0.1, 0.15) is 18.4 Å². The molecule has 7 nitrogen and oxygen atoms in total. The molecule has 2 amide bonds. The minimum absolute atomic E-state index is 0.0381. The molecule has 0 aliphatic heterocycles. The average molecular weight is 450 g/mol. The Morgan fingerprint density at radius 1 is 1.10 bits per heavy atom. The molecule has 0 spiro atoms. The van der Waals surface area contributed by atoms with Crippen molar-refractivity contribution in [3.8, 4) is 0 Å². The molecule has 0 radical (unpaired) electrons. The molecule has 0 fully saturated rings. The van der Waals surface area contributed by atoms with Gasteiger partial charge in [0.2, 0.25) is 21.8 Å². The third kappa shape index (κ3) is 6.27. The maximum absolute atomic E-state index is 13.3. The first-order valence-corrected chi connectivity index (χ1v) is 11.7. The van der Waals surface area contributed by atoms with Crippen molar-refractivity contribution in [3.63, 3.8) is 0 Å². The van der Waals surface area contributed by atoms with Crippen LogP contribution in [0.25, 0.3) is 0 Å². The van der Waals surface area contributed by atoms with Crippen molar-refractivity contribution in [3.05, 3.63) is 65.5 Å². The van der Waals surface area contributed by atoms with Gasteiger partial charge in [-0.05, 0) is 42.7 Å². The lowest BCUT2D eigenvalue weighted by molar-refractivity contribution is -0.140. The van der Waals surface area contributed by atoms with Crippen LogP contribution in [0.4, 0.5) is 10.1 Å². The number of para-hydroxylation sites is 1. The fourth-order valence-corrected chi connectivity index (χ4v) is 4.22. The Balaban J connectivity index is 2.43. The summed E-state index contributed by atoms with van der Waals surface area (Å²) in [6, 6.07) is 11.7. The number of hydrogen-bond acceptors (Lipinski definition) is 4. The van der Waals surface area contributed by atoms with Gasteiger partial charge in [0.25, 0.3) is 0 Å². The lowest BCUT2D eigenvalue weighted by atomic mass is 10.1. The summed E-state index contributed by atoms with van der Waals surface area (Å²) < 4.78 is 39.3. The summed E-state index contributed by atoms with van der Waals surface area (Å²) in [4.78, 5) is 27.1. The zero-order valence-corrected chi connectivity index (χ0v) is 18.9. The van der Waals surface area contributed by atoms with Crippen molar-refractivity contribution in [1.29, 1.82) is 0 Å². The average Bonchev–Trinajstić information content (AvgIpc) is 2.72. The molecular weight excluding hydrogens is 421 g/mol. The van der Waals surface area contributed by atoms with E-state index in [2.05, 4.69) is 5.32 Å². The predicted octanol–water partition coefficient (Wildman–Crippen LogP) is 2.45. The second kappa shape index (κ2) is 10.4. The van der Waals surface area contributed by atoms with E-state index in [9.17, 15) is 22.4 Å². The summed E-state index contributed by atoms with van der Waals surface area (Å²) in [6.07, 6.45) is 1.36. The van der Waals surface area contributed by atoms with Crippen LogP contribution in [0.5, 0.6) is 0 Å². The summed E-state index contributed by atoms with van der Waals surface area (Å²) in [7, 11) is -2.30. The molecule has 1 N–H and O–H groups in total. The van der Waals surface area contributed by atoms with Crippen LogP contribution in [0.1, 0.15) is 24.5 Å². The monoisotopic (exact) mass is 449 g/mol. The van der Waals surface area contributed by atoms with Crippen molar-refractivity contribution >= 4 is 27.5 Å². The van der Waals surface area contributed by atoms with Crippen LogP contribution in [-0.2, 0) is 26.2 Å². The van der Waals surface area contributed by atoms with Gasteiger partial charge in [-0.2, -0.15) is 0 Å². The first-order valence-electron chi connectivity index (χ1n) is 9.87. The highest BCUT2D eigenvalue weighted by molar-refractivity contribution is 7.92. The molecule has 0 heterocycles. The normalized spacial score (nSPS) is 12.2. The molecule has 2 aromatic carbocycles. The lowest BCUT2D eigenvalue weighted by Crippen LogP contribution is -2.51. The fraction of sp³-hybridized carbons (Fsp3) is 0.364. The van der Waals surface area contributed by atoms with Crippen molar-refractivity contribution in [2.45, 2.75) is 32.9 Å². The Hall–Kier alpha value is -2.94. The number of benzene rings is 2. The number of rotatable bonds is 9. The molecule has 0 saturated carbocycles. The summed E-state index contributed by atoms with van der Waals surface area (Å²) in [5.41, 5.74) is 1.72. The number of aryl methyl sites for hydroxylation is 1. The Bertz CT molecular complexity index is 1030. The minimum Gasteiger partial charge on any atom is -0.357 e. The predicted molar refractivity (Wildman–Crippen MR) is 118 cm³/mol. The van der Waals surface area contributed by atoms with Crippen molar-refractivity contribution in [2.24, 2.45) is 0 Å². The topological polar surface area (TPSA) is 86.8 Å². The van der Waals surface area contributed by atoms with Gasteiger partial charge in [-0.3, -0.25) is 13.9 Å². The van der Waals surface area contributed by atoms with Crippen LogP contribution < -0.4 is 9.62 Å². The molecule has 0 saturated heterocycles. The Labute approximate surface area is 182 Å². The van der Waals surface area contributed by atoms with Gasteiger partial charge >= 0.3 is 0 Å². The van der Waals surface area contributed by atoms with E-state index in [0.717, 1.165) is 10.6 Å². The van der Waals surface area contributed by atoms with Crippen LogP contribution >= 0.6 is 0 Å².